The van der Waals surface area contributed by atoms with E-state index in [4.69, 9.17) is 9.47 Å². The minimum Gasteiger partial charge on any atom is -0.493 e. The van der Waals surface area contributed by atoms with E-state index in [1.165, 1.54) is 11.1 Å². The number of fused-ring (bicyclic) bond motifs is 1. The number of urea groups is 1. The molecule has 2 N–H and O–H groups in total. The molecule has 0 bridgehead atoms. The predicted molar refractivity (Wildman–Crippen MR) is 86.5 cm³/mol. The minimum absolute atomic E-state index is 0.136. The van der Waals surface area contributed by atoms with Crippen molar-refractivity contribution in [1.29, 1.82) is 0 Å². The van der Waals surface area contributed by atoms with E-state index in [9.17, 15) is 4.79 Å². The molecule has 0 radical (unpaired) electrons. The number of benzene rings is 1. The molecule has 1 aliphatic heterocycles. The van der Waals surface area contributed by atoms with Crippen LogP contribution in [0.2, 0.25) is 0 Å². The van der Waals surface area contributed by atoms with Gasteiger partial charge in [-0.2, -0.15) is 0 Å². The first-order valence-electron chi connectivity index (χ1n) is 8.13. The molecule has 22 heavy (non-hydrogen) atoms. The zero-order chi connectivity index (χ0) is 15.6. The summed E-state index contributed by atoms with van der Waals surface area (Å²) in [5.41, 5.74) is 2.50. The van der Waals surface area contributed by atoms with Gasteiger partial charge in [0.05, 0.1) is 13.2 Å². The third-order valence-electron chi connectivity index (χ3n) is 3.63. The topological polar surface area (TPSA) is 59.6 Å². The van der Waals surface area contributed by atoms with Gasteiger partial charge in [-0.25, -0.2) is 4.79 Å². The summed E-state index contributed by atoms with van der Waals surface area (Å²) in [6.07, 6.45) is 4.00. The molecule has 0 spiro atoms. The number of nitrogens with one attached hydrogen (secondary N) is 2. The van der Waals surface area contributed by atoms with E-state index >= 15 is 0 Å². The van der Waals surface area contributed by atoms with Gasteiger partial charge in [-0.05, 0) is 30.0 Å². The molecule has 2 rings (SSSR count). The van der Waals surface area contributed by atoms with Crippen molar-refractivity contribution in [3.8, 4) is 5.75 Å². The van der Waals surface area contributed by atoms with Crippen LogP contribution in [0.25, 0.3) is 0 Å². The van der Waals surface area contributed by atoms with Crippen LogP contribution in [0.15, 0.2) is 18.2 Å². The molecule has 122 valence electrons. The quantitative estimate of drug-likeness (QED) is 0.688. The summed E-state index contributed by atoms with van der Waals surface area (Å²) in [5.74, 6) is 0.998. The van der Waals surface area contributed by atoms with E-state index in [1.54, 1.807) is 0 Å². The summed E-state index contributed by atoms with van der Waals surface area (Å²) >= 11 is 0. The smallest absolute Gasteiger partial charge is 0.314 e. The first-order valence-corrected chi connectivity index (χ1v) is 8.13. The normalized spacial score (nSPS) is 12.6. The SMILES string of the molecule is CCCCOCCNC(=O)NCCc1ccc2c(c1)CCO2. The minimum atomic E-state index is -0.136. The van der Waals surface area contributed by atoms with Crippen molar-refractivity contribution >= 4 is 6.03 Å². The number of rotatable bonds is 9. The largest absolute Gasteiger partial charge is 0.493 e. The fraction of sp³-hybridized carbons (Fsp3) is 0.588. The number of amides is 2. The summed E-state index contributed by atoms with van der Waals surface area (Å²) in [6, 6.07) is 6.11. The van der Waals surface area contributed by atoms with Crippen LogP contribution in [-0.2, 0) is 17.6 Å². The van der Waals surface area contributed by atoms with Crippen LogP contribution in [0.5, 0.6) is 5.75 Å². The zero-order valence-corrected chi connectivity index (χ0v) is 13.3. The Bertz CT molecular complexity index is 477. The van der Waals surface area contributed by atoms with Crippen LogP contribution >= 0.6 is 0 Å². The van der Waals surface area contributed by atoms with Crippen molar-refractivity contribution in [2.75, 3.05) is 32.9 Å². The summed E-state index contributed by atoms with van der Waals surface area (Å²) < 4.78 is 10.9. The van der Waals surface area contributed by atoms with Crippen molar-refractivity contribution in [3.63, 3.8) is 0 Å². The number of hydrogen-bond donors (Lipinski definition) is 2. The number of unbranched alkanes of at least 4 members (excludes halogenated alkanes) is 1. The van der Waals surface area contributed by atoms with Gasteiger partial charge < -0.3 is 20.1 Å². The Balaban J connectivity index is 1.55. The first kappa shape index (κ1) is 16.6. The third-order valence-corrected chi connectivity index (χ3v) is 3.63. The third kappa shape index (κ3) is 5.56. The van der Waals surface area contributed by atoms with Crippen LogP contribution in [-0.4, -0.2) is 38.9 Å². The standard InChI is InChI=1S/C17H26N2O3/c1-2-3-10-21-12-9-19-17(20)18-8-6-14-4-5-16-15(13-14)7-11-22-16/h4-5,13H,2-3,6-12H2,1H3,(H2,18,19,20). The molecule has 1 aliphatic rings. The van der Waals surface area contributed by atoms with Gasteiger partial charge in [0.15, 0.2) is 0 Å². The maximum atomic E-state index is 11.6. The van der Waals surface area contributed by atoms with Gasteiger partial charge in [0.25, 0.3) is 0 Å². The van der Waals surface area contributed by atoms with Gasteiger partial charge >= 0.3 is 6.03 Å². The number of carbonyl (C=O) groups is 1. The monoisotopic (exact) mass is 306 g/mol. The summed E-state index contributed by atoms with van der Waals surface area (Å²) in [6.45, 7) is 5.41. The summed E-state index contributed by atoms with van der Waals surface area (Å²) in [5, 5.41) is 5.66. The highest BCUT2D eigenvalue weighted by Gasteiger charge is 2.11. The Kier molecular flexibility index (Phi) is 7.03. The van der Waals surface area contributed by atoms with E-state index < -0.39 is 0 Å². The molecule has 5 nitrogen and oxygen atoms in total. The Hall–Kier alpha value is -1.75. The molecule has 5 heteroatoms. The highest BCUT2D eigenvalue weighted by Crippen LogP contribution is 2.25. The second kappa shape index (κ2) is 9.30. The molecule has 0 aromatic heterocycles. The van der Waals surface area contributed by atoms with E-state index in [2.05, 4.69) is 29.7 Å². The lowest BCUT2D eigenvalue weighted by Gasteiger charge is -2.08. The van der Waals surface area contributed by atoms with E-state index in [0.717, 1.165) is 44.6 Å². The van der Waals surface area contributed by atoms with E-state index in [1.807, 2.05) is 6.07 Å². The molecule has 0 atom stereocenters. The second-order valence-electron chi connectivity index (χ2n) is 5.44. The molecule has 0 fully saturated rings. The lowest BCUT2D eigenvalue weighted by Crippen LogP contribution is -2.38. The molecule has 1 heterocycles. The summed E-state index contributed by atoms with van der Waals surface area (Å²) in [4.78, 5) is 11.6. The van der Waals surface area contributed by atoms with E-state index in [-0.39, 0.29) is 6.03 Å². The average Bonchev–Trinajstić information content (AvgIpc) is 2.98. The Labute approximate surface area is 132 Å². The predicted octanol–water partition coefficient (Wildman–Crippen LogP) is 2.28. The fourth-order valence-corrected chi connectivity index (χ4v) is 2.36. The fourth-order valence-electron chi connectivity index (χ4n) is 2.36. The number of hydrogen-bond acceptors (Lipinski definition) is 3. The van der Waals surface area contributed by atoms with Gasteiger partial charge in [-0.3, -0.25) is 0 Å². The molecule has 1 aromatic rings. The van der Waals surface area contributed by atoms with Crippen molar-refractivity contribution < 1.29 is 14.3 Å². The molecule has 1 aromatic carbocycles. The zero-order valence-electron chi connectivity index (χ0n) is 13.3. The Morgan fingerprint density at radius 3 is 3.00 bits per heavy atom. The van der Waals surface area contributed by atoms with Crippen molar-refractivity contribution in [2.24, 2.45) is 0 Å². The average molecular weight is 306 g/mol. The molecule has 2 amide bonds. The molecule has 0 unspecified atom stereocenters. The summed E-state index contributed by atoms with van der Waals surface area (Å²) in [7, 11) is 0. The highest BCUT2D eigenvalue weighted by molar-refractivity contribution is 5.73. The molecular weight excluding hydrogens is 280 g/mol. The van der Waals surface area contributed by atoms with Gasteiger partial charge in [0.2, 0.25) is 0 Å². The highest BCUT2D eigenvalue weighted by atomic mass is 16.5. The maximum Gasteiger partial charge on any atom is 0.314 e. The Morgan fingerprint density at radius 2 is 2.14 bits per heavy atom. The molecule has 0 aliphatic carbocycles. The van der Waals surface area contributed by atoms with E-state index in [0.29, 0.717) is 19.7 Å². The Morgan fingerprint density at radius 1 is 1.27 bits per heavy atom. The van der Waals surface area contributed by atoms with Crippen LogP contribution in [0.3, 0.4) is 0 Å². The van der Waals surface area contributed by atoms with Crippen molar-refractivity contribution in [1.82, 2.24) is 10.6 Å². The van der Waals surface area contributed by atoms with Crippen LogP contribution in [0, 0.1) is 0 Å². The van der Waals surface area contributed by atoms with Crippen LogP contribution < -0.4 is 15.4 Å². The molecular formula is C17H26N2O3. The van der Waals surface area contributed by atoms with Gasteiger partial charge in [0.1, 0.15) is 5.75 Å². The molecule has 0 saturated carbocycles. The van der Waals surface area contributed by atoms with Gasteiger partial charge in [0, 0.05) is 26.1 Å². The van der Waals surface area contributed by atoms with Gasteiger partial charge in [-0.15, -0.1) is 0 Å². The lowest BCUT2D eigenvalue weighted by molar-refractivity contribution is 0.133. The number of ether oxygens (including phenoxy) is 2. The van der Waals surface area contributed by atoms with Gasteiger partial charge in [-0.1, -0.05) is 25.5 Å². The van der Waals surface area contributed by atoms with Crippen LogP contribution in [0.4, 0.5) is 4.79 Å². The first-order chi connectivity index (χ1) is 10.8. The molecule has 0 saturated heterocycles. The van der Waals surface area contributed by atoms with Crippen molar-refractivity contribution in [3.05, 3.63) is 29.3 Å². The lowest BCUT2D eigenvalue weighted by atomic mass is 10.1. The number of carbonyl (C=O) groups excluding carboxylic acids is 1. The van der Waals surface area contributed by atoms with Crippen molar-refractivity contribution in [2.45, 2.75) is 32.6 Å². The maximum absolute atomic E-state index is 11.6. The second-order valence-corrected chi connectivity index (χ2v) is 5.44. The van der Waals surface area contributed by atoms with Crippen LogP contribution in [0.1, 0.15) is 30.9 Å².